The maximum absolute atomic E-state index is 12.2. The summed E-state index contributed by atoms with van der Waals surface area (Å²) in [5.41, 5.74) is 3.67. The number of rotatable bonds is 6. The lowest BCUT2D eigenvalue weighted by molar-refractivity contribution is -0.120. The molecule has 0 spiro atoms. The lowest BCUT2D eigenvalue weighted by Gasteiger charge is -2.28. The molecule has 2 N–H and O–H groups in total. The Hall–Kier alpha value is -2.96. The molecule has 1 aliphatic carbocycles. The van der Waals surface area contributed by atoms with Gasteiger partial charge in [0.25, 0.3) is 0 Å². The fraction of sp³-hybridized carbons (Fsp3) is 0.429. The number of ether oxygens (including phenoxy) is 1. The third kappa shape index (κ3) is 4.13. The van der Waals surface area contributed by atoms with Crippen LogP contribution >= 0.6 is 0 Å². The van der Waals surface area contributed by atoms with Crippen molar-refractivity contribution in [2.75, 3.05) is 13.7 Å². The van der Waals surface area contributed by atoms with Crippen molar-refractivity contribution in [3.63, 3.8) is 0 Å². The molecule has 0 unspecified atom stereocenters. The largest absolute Gasteiger partial charge is 0.497 e. The summed E-state index contributed by atoms with van der Waals surface area (Å²) in [5.74, 6) is 1.84. The maximum atomic E-state index is 12.2. The standard InChI is InChI=1S/C21H25N5O2/c1-28-17-8-4-14(5-9-17)12-18(27)24-13-15-2-6-16(7-3-15)19-20-21(26-25-19)23-11-10-22-20/h4-5,8-11,15-16H,2-3,6-7,12-13H2,1H3,(H,24,27)(H,23,25,26). The van der Waals surface area contributed by atoms with Gasteiger partial charge in [0.15, 0.2) is 5.65 Å². The number of aromatic nitrogens is 4. The van der Waals surface area contributed by atoms with Crippen molar-refractivity contribution in [2.45, 2.75) is 38.0 Å². The van der Waals surface area contributed by atoms with Crippen molar-refractivity contribution in [1.29, 1.82) is 0 Å². The number of fused-ring (bicyclic) bond motifs is 1. The molecule has 2 heterocycles. The average Bonchev–Trinajstić information content (AvgIpc) is 3.17. The van der Waals surface area contributed by atoms with Crippen molar-refractivity contribution < 1.29 is 9.53 Å². The van der Waals surface area contributed by atoms with E-state index in [-0.39, 0.29) is 5.91 Å². The summed E-state index contributed by atoms with van der Waals surface area (Å²) in [5, 5.41) is 10.5. The number of methoxy groups -OCH3 is 1. The van der Waals surface area contributed by atoms with Crippen LogP contribution in [-0.2, 0) is 11.2 Å². The van der Waals surface area contributed by atoms with E-state index in [0.29, 0.717) is 23.9 Å². The number of H-pyrrole nitrogens is 1. The molecule has 3 aromatic rings. The molecular weight excluding hydrogens is 354 g/mol. The molecule has 0 saturated heterocycles. The molecule has 28 heavy (non-hydrogen) atoms. The van der Waals surface area contributed by atoms with Crippen LogP contribution in [0.25, 0.3) is 11.2 Å². The van der Waals surface area contributed by atoms with Gasteiger partial charge in [0, 0.05) is 24.9 Å². The third-order valence-electron chi connectivity index (χ3n) is 5.58. The van der Waals surface area contributed by atoms with Gasteiger partial charge >= 0.3 is 0 Å². The van der Waals surface area contributed by atoms with E-state index in [1.807, 2.05) is 24.3 Å². The molecule has 7 heteroatoms. The zero-order valence-corrected chi connectivity index (χ0v) is 16.0. The summed E-state index contributed by atoms with van der Waals surface area (Å²) in [4.78, 5) is 20.9. The van der Waals surface area contributed by atoms with Crippen molar-refractivity contribution in [1.82, 2.24) is 25.5 Å². The highest BCUT2D eigenvalue weighted by Crippen LogP contribution is 2.36. The fourth-order valence-corrected chi connectivity index (χ4v) is 3.96. The zero-order valence-electron chi connectivity index (χ0n) is 16.0. The first-order valence-corrected chi connectivity index (χ1v) is 9.77. The van der Waals surface area contributed by atoms with E-state index >= 15 is 0 Å². The summed E-state index contributed by atoms with van der Waals surface area (Å²) in [7, 11) is 1.64. The van der Waals surface area contributed by atoms with Crippen LogP contribution in [0.1, 0.15) is 42.9 Å². The summed E-state index contributed by atoms with van der Waals surface area (Å²) in [6.07, 6.45) is 8.12. The minimum atomic E-state index is 0.0714. The van der Waals surface area contributed by atoms with Gasteiger partial charge in [-0.2, -0.15) is 5.10 Å². The molecule has 0 aliphatic heterocycles. The smallest absolute Gasteiger partial charge is 0.224 e. The molecule has 2 aromatic heterocycles. The highest BCUT2D eigenvalue weighted by molar-refractivity contribution is 5.78. The molecule has 4 rings (SSSR count). The second-order valence-electron chi connectivity index (χ2n) is 7.41. The lowest BCUT2D eigenvalue weighted by Crippen LogP contribution is -2.32. The molecule has 0 radical (unpaired) electrons. The van der Waals surface area contributed by atoms with E-state index in [1.165, 1.54) is 0 Å². The van der Waals surface area contributed by atoms with Crippen LogP contribution in [0.4, 0.5) is 0 Å². The van der Waals surface area contributed by atoms with E-state index in [0.717, 1.165) is 54.8 Å². The predicted molar refractivity (Wildman–Crippen MR) is 106 cm³/mol. The second-order valence-corrected chi connectivity index (χ2v) is 7.41. The number of amides is 1. The summed E-state index contributed by atoms with van der Waals surface area (Å²) < 4.78 is 5.15. The highest BCUT2D eigenvalue weighted by atomic mass is 16.5. The van der Waals surface area contributed by atoms with Crippen LogP contribution in [0.15, 0.2) is 36.7 Å². The lowest BCUT2D eigenvalue weighted by atomic mass is 9.80. The van der Waals surface area contributed by atoms with Crippen LogP contribution in [0.5, 0.6) is 5.75 Å². The highest BCUT2D eigenvalue weighted by Gasteiger charge is 2.26. The van der Waals surface area contributed by atoms with E-state index in [9.17, 15) is 4.79 Å². The van der Waals surface area contributed by atoms with Crippen LogP contribution in [0.3, 0.4) is 0 Å². The Labute approximate surface area is 163 Å². The summed E-state index contributed by atoms with van der Waals surface area (Å²) >= 11 is 0. The van der Waals surface area contributed by atoms with Gasteiger partial charge in [-0.25, -0.2) is 9.97 Å². The van der Waals surface area contributed by atoms with Gasteiger partial charge in [-0.05, 0) is 49.3 Å². The van der Waals surface area contributed by atoms with Gasteiger partial charge in [-0.3, -0.25) is 9.89 Å². The number of aromatic amines is 1. The fourth-order valence-electron chi connectivity index (χ4n) is 3.96. The van der Waals surface area contributed by atoms with Crippen molar-refractivity contribution in [3.8, 4) is 5.75 Å². The molecule has 1 saturated carbocycles. The SMILES string of the molecule is COc1ccc(CC(=O)NCC2CCC(c3[nH]nc4nccnc34)CC2)cc1. The first kappa shape index (κ1) is 18.4. The predicted octanol–water partition coefficient (Wildman–Crippen LogP) is 2.99. The zero-order chi connectivity index (χ0) is 19.3. The minimum absolute atomic E-state index is 0.0714. The molecular formula is C21H25N5O2. The molecule has 1 aliphatic rings. The van der Waals surface area contributed by atoms with Crippen LogP contribution in [0, 0.1) is 5.92 Å². The van der Waals surface area contributed by atoms with Crippen molar-refractivity contribution in [3.05, 3.63) is 47.9 Å². The Morgan fingerprint density at radius 1 is 1.14 bits per heavy atom. The number of nitrogens with zero attached hydrogens (tertiary/aromatic N) is 3. The third-order valence-corrected chi connectivity index (χ3v) is 5.58. The van der Waals surface area contributed by atoms with Gasteiger partial charge < -0.3 is 10.1 Å². The Morgan fingerprint density at radius 3 is 2.64 bits per heavy atom. The number of nitrogens with one attached hydrogen (secondary N) is 2. The normalized spacial score (nSPS) is 19.5. The number of benzene rings is 1. The van der Waals surface area contributed by atoms with Crippen molar-refractivity contribution >= 4 is 17.1 Å². The first-order chi connectivity index (χ1) is 13.7. The minimum Gasteiger partial charge on any atom is -0.497 e. The molecule has 146 valence electrons. The van der Waals surface area contributed by atoms with Crippen LogP contribution in [-0.4, -0.2) is 39.7 Å². The molecule has 1 fully saturated rings. The van der Waals surface area contributed by atoms with Gasteiger partial charge in [0.2, 0.25) is 5.91 Å². The van der Waals surface area contributed by atoms with Gasteiger partial charge in [-0.1, -0.05) is 12.1 Å². The summed E-state index contributed by atoms with van der Waals surface area (Å²) in [6, 6.07) is 7.63. The molecule has 1 aromatic carbocycles. The molecule has 7 nitrogen and oxygen atoms in total. The van der Waals surface area contributed by atoms with Crippen LogP contribution < -0.4 is 10.1 Å². The van der Waals surface area contributed by atoms with E-state index in [1.54, 1.807) is 19.5 Å². The van der Waals surface area contributed by atoms with Crippen LogP contribution in [0.2, 0.25) is 0 Å². The van der Waals surface area contributed by atoms with Gasteiger partial charge in [0.05, 0.1) is 19.2 Å². The van der Waals surface area contributed by atoms with E-state index in [2.05, 4.69) is 25.5 Å². The van der Waals surface area contributed by atoms with E-state index < -0.39 is 0 Å². The Kier molecular flexibility index (Phi) is 5.50. The maximum Gasteiger partial charge on any atom is 0.224 e. The number of carbonyl (C=O) groups excluding carboxylic acids is 1. The number of carbonyl (C=O) groups is 1. The topological polar surface area (TPSA) is 92.8 Å². The number of hydrogen-bond acceptors (Lipinski definition) is 5. The first-order valence-electron chi connectivity index (χ1n) is 9.77. The monoisotopic (exact) mass is 379 g/mol. The van der Waals surface area contributed by atoms with Crippen molar-refractivity contribution in [2.24, 2.45) is 5.92 Å². The van der Waals surface area contributed by atoms with Gasteiger partial charge in [0.1, 0.15) is 11.3 Å². The Morgan fingerprint density at radius 2 is 1.89 bits per heavy atom. The van der Waals surface area contributed by atoms with E-state index in [4.69, 9.17) is 4.74 Å². The van der Waals surface area contributed by atoms with Gasteiger partial charge in [-0.15, -0.1) is 0 Å². The Bertz CT molecular complexity index is 929. The quantitative estimate of drug-likeness (QED) is 0.687. The summed E-state index contributed by atoms with van der Waals surface area (Å²) in [6.45, 7) is 0.741. The molecule has 0 atom stereocenters. The average molecular weight is 379 g/mol. The molecule has 1 amide bonds. The second kappa shape index (κ2) is 8.37. The Balaban J connectivity index is 1.24. The number of hydrogen-bond donors (Lipinski definition) is 2. The molecule has 0 bridgehead atoms.